The number of thiazole rings is 1. The van der Waals surface area contributed by atoms with Gasteiger partial charge in [-0.25, -0.2) is 4.98 Å². The highest BCUT2D eigenvalue weighted by Gasteiger charge is 2.31. The molecule has 0 spiro atoms. The molecular weight excluding hydrogens is 260 g/mol. The molecule has 0 aliphatic rings. The summed E-state index contributed by atoms with van der Waals surface area (Å²) in [5.41, 5.74) is 0.621. The molecule has 0 amide bonds. The fourth-order valence-corrected chi connectivity index (χ4v) is 2.84. The lowest BCUT2D eigenvalue weighted by Crippen LogP contribution is -2.38. The van der Waals surface area contributed by atoms with Gasteiger partial charge in [0.15, 0.2) is 10.7 Å². The molecule has 1 unspecified atom stereocenters. The van der Waals surface area contributed by atoms with Gasteiger partial charge in [0, 0.05) is 24.4 Å². The SMILES string of the molecule is CCOC(C(=O)Cc1cn2ccsc2n1)C(C)(C)C. The average Bonchev–Trinajstić information content (AvgIpc) is 2.84. The third-order valence-corrected chi connectivity index (χ3v) is 3.68. The first-order valence-electron chi connectivity index (χ1n) is 6.47. The first kappa shape index (κ1) is 14.2. The molecule has 2 aromatic heterocycles. The maximum absolute atomic E-state index is 12.4. The molecule has 1 atom stereocenters. The van der Waals surface area contributed by atoms with E-state index >= 15 is 0 Å². The topological polar surface area (TPSA) is 43.6 Å². The van der Waals surface area contributed by atoms with Crippen molar-refractivity contribution in [2.24, 2.45) is 5.41 Å². The average molecular weight is 280 g/mol. The summed E-state index contributed by atoms with van der Waals surface area (Å²) >= 11 is 1.57. The molecule has 104 valence electrons. The molecule has 0 saturated heterocycles. The summed E-state index contributed by atoms with van der Waals surface area (Å²) in [6.07, 6.45) is 3.81. The van der Waals surface area contributed by atoms with E-state index in [1.54, 1.807) is 11.3 Å². The molecule has 0 aliphatic carbocycles. The lowest BCUT2D eigenvalue weighted by molar-refractivity contribution is -0.136. The van der Waals surface area contributed by atoms with Gasteiger partial charge in [0.05, 0.1) is 12.1 Å². The molecule has 2 heterocycles. The summed E-state index contributed by atoms with van der Waals surface area (Å²) in [5, 5.41) is 1.98. The van der Waals surface area contributed by atoms with Crippen LogP contribution in [0.4, 0.5) is 0 Å². The Morgan fingerprint density at radius 1 is 1.53 bits per heavy atom. The molecule has 19 heavy (non-hydrogen) atoms. The van der Waals surface area contributed by atoms with Crippen molar-refractivity contribution in [3.8, 4) is 0 Å². The van der Waals surface area contributed by atoms with Crippen LogP contribution in [0, 0.1) is 5.41 Å². The van der Waals surface area contributed by atoms with Gasteiger partial charge in [0.2, 0.25) is 0 Å². The molecule has 2 rings (SSSR count). The molecule has 0 fully saturated rings. The summed E-state index contributed by atoms with van der Waals surface area (Å²) in [5.74, 6) is 0.0973. The number of ketones is 1. The van der Waals surface area contributed by atoms with Crippen molar-refractivity contribution < 1.29 is 9.53 Å². The number of hydrogen-bond acceptors (Lipinski definition) is 4. The van der Waals surface area contributed by atoms with Crippen LogP contribution in [0.1, 0.15) is 33.4 Å². The van der Waals surface area contributed by atoms with Gasteiger partial charge >= 0.3 is 0 Å². The molecule has 0 saturated carbocycles. The summed E-state index contributed by atoms with van der Waals surface area (Å²) in [6.45, 7) is 8.54. The van der Waals surface area contributed by atoms with Crippen molar-refractivity contribution in [1.82, 2.24) is 9.38 Å². The van der Waals surface area contributed by atoms with Crippen LogP contribution in [-0.2, 0) is 16.0 Å². The van der Waals surface area contributed by atoms with E-state index in [2.05, 4.69) is 4.98 Å². The fourth-order valence-electron chi connectivity index (χ4n) is 2.13. The van der Waals surface area contributed by atoms with E-state index in [1.807, 2.05) is 49.9 Å². The van der Waals surface area contributed by atoms with Gasteiger partial charge in [-0.05, 0) is 12.3 Å². The van der Waals surface area contributed by atoms with Crippen LogP contribution in [-0.4, -0.2) is 27.9 Å². The second kappa shape index (κ2) is 5.43. The van der Waals surface area contributed by atoms with Crippen molar-refractivity contribution >= 4 is 22.1 Å². The number of imidazole rings is 1. The second-order valence-electron chi connectivity index (χ2n) is 5.67. The van der Waals surface area contributed by atoms with Crippen molar-refractivity contribution in [2.75, 3.05) is 6.61 Å². The van der Waals surface area contributed by atoms with E-state index in [4.69, 9.17) is 4.74 Å². The normalized spacial score (nSPS) is 13.9. The number of hydrogen-bond donors (Lipinski definition) is 0. The highest BCUT2D eigenvalue weighted by Crippen LogP contribution is 2.24. The zero-order valence-corrected chi connectivity index (χ0v) is 12.7. The van der Waals surface area contributed by atoms with E-state index in [-0.39, 0.29) is 17.3 Å². The van der Waals surface area contributed by atoms with Crippen molar-refractivity contribution in [3.63, 3.8) is 0 Å². The van der Waals surface area contributed by atoms with Gasteiger partial charge < -0.3 is 4.74 Å². The number of ether oxygens (including phenoxy) is 1. The van der Waals surface area contributed by atoms with Crippen molar-refractivity contribution in [3.05, 3.63) is 23.5 Å². The number of rotatable bonds is 5. The number of fused-ring (bicyclic) bond motifs is 1. The maximum Gasteiger partial charge on any atom is 0.193 e. The van der Waals surface area contributed by atoms with Crippen LogP contribution in [0.15, 0.2) is 17.8 Å². The first-order chi connectivity index (χ1) is 8.91. The molecule has 0 aromatic carbocycles. The van der Waals surface area contributed by atoms with E-state index in [1.165, 1.54) is 0 Å². The number of aromatic nitrogens is 2. The van der Waals surface area contributed by atoms with Gasteiger partial charge in [-0.1, -0.05) is 20.8 Å². The Bertz CT molecular complexity index is 537. The van der Waals surface area contributed by atoms with Crippen LogP contribution in [0.2, 0.25) is 0 Å². The van der Waals surface area contributed by atoms with Gasteiger partial charge in [-0.2, -0.15) is 0 Å². The van der Waals surface area contributed by atoms with Crippen LogP contribution >= 0.6 is 11.3 Å². The van der Waals surface area contributed by atoms with Gasteiger partial charge in [0.1, 0.15) is 6.10 Å². The van der Waals surface area contributed by atoms with E-state index in [0.717, 1.165) is 10.7 Å². The summed E-state index contributed by atoms with van der Waals surface area (Å²) in [4.78, 5) is 17.7. The molecular formula is C14H20N2O2S. The lowest BCUT2D eigenvalue weighted by atomic mass is 9.85. The Balaban J connectivity index is 2.12. The minimum absolute atomic E-state index is 0.0973. The molecule has 0 aliphatic heterocycles. The highest BCUT2D eigenvalue weighted by atomic mass is 32.1. The summed E-state index contributed by atoms with van der Waals surface area (Å²) < 4.78 is 7.56. The Hall–Kier alpha value is -1.20. The van der Waals surface area contributed by atoms with Crippen LogP contribution < -0.4 is 0 Å². The Kier molecular flexibility index (Phi) is 4.06. The Labute approximate surface area is 117 Å². The van der Waals surface area contributed by atoms with Crippen LogP contribution in [0.25, 0.3) is 4.96 Å². The number of nitrogens with zero attached hydrogens (tertiary/aromatic N) is 2. The molecule has 5 heteroatoms. The van der Waals surface area contributed by atoms with Crippen LogP contribution in [0.3, 0.4) is 0 Å². The molecule has 4 nitrogen and oxygen atoms in total. The largest absolute Gasteiger partial charge is 0.370 e. The third kappa shape index (κ3) is 3.22. The zero-order valence-electron chi connectivity index (χ0n) is 11.8. The summed E-state index contributed by atoms with van der Waals surface area (Å²) in [6, 6.07) is 0. The van der Waals surface area contributed by atoms with Gasteiger partial charge in [-0.15, -0.1) is 11.3 Å². The Morgan fingerprint density at radius 3 is 2.84 bits per heavy atom. The second-order valence-corrected chi connectivity index (χ2v) is 6.54. The predicted octanol–water partition coefficient (Wildman–Crippen LogP) is 2.96. The zero-order chi connectivity index (χ0) is 14.0. The minimum Gasteiger partial charge on any atom is -0.370 e. The molecule has 2 aromatic rings. The minimum atomic E-state index is -0.378. The number of carbonyl (C=O) groups excluding carboxylic acids is 1. The summed E-state index contributed by atoms with van der Waals surface area (Å²) in [7, 11) is 0. The highest BCUT2D eigenvalue weighted by molar-refractivity contribution is 7.15. The molecule has 0 bridgehead atoms. The lowest BCUT2D eigenvalue weighted by Gasteiger charge is -2.28. The third-order valence-electron chi connectivity index (χ3n) is 2.91. The van der Waals surface area contributed by atoms with Gasteiger partial charge in [0.25, 0.3) is 0 Å². The fraction of sp³-hybridized carbons (Fsp3) is 0.571. The quantitative estimate of drug-likeness (QED) is 0.845. The van der Waals surface area contributed by atoms with Crippen LogP contribution in [0.5, 0.6) is 0 Å². The first-order valence-corrected chi connectivity index (χ1v) is 7.35. The molecule has 0 N–H and O–H groups in total. The van der Waals surface area contributed by atoms with Crippen molar-refractivity contribution in [2.45, 2.75) is 40.2 Å². The monoisotopic (exact) mass is 280 g/mol. The standard InChI is InChI=1S/C14H20N2O2S/c1-5-18-12(14(2,3)4)11(17)8-10-9-16-6-7-19-13(16)15-10/h6-7,9,12H,5,8H2,1-4H3. The van der Waals surface area contributed by atoms with Crippen molar-refractivity contribution in [1.29, 1.82) is 0 Å². The van der Waals surface area contributed by atoms with E-state index in [9.17, 15) is 4.79 Å². The number of Topliss-reactive ketones (excluding diaryl/α,β-unsaturated/α-hetero) is 1. The van der Waals surface area contributed by atoms with E-state index in [0.29, 0.717) is 13.0 Å². The van der Waals surface area contributed by atoms with E-state index < -0.39 is 0 Å². The Morgan fingerprint density at radius 2 is 2.26 bits per heavy atom. The maximum atomic E-state index is 12.4. The number of carbonyl (C=O) groups is 1. The molecule has 0 radical (unpaired) electrons. The smallest absolute Gasteiger partial charge is 0.193 e. The van der Waals surface area contributed by atoms with Gasteiger partial charge in [-0.3, -0.25) is 9.20 Å². The predicted molar refractivity (Wildman–Crippen MR) is 76.6 cm³/mol.